The van der Waals surface area contributed by atoms with Crippen LogP contribution in [0, 0.1) is 0 Å². The highest BCUT2D eigenvalue weighted by Gasteiger charge is 2.40. The number of para-hydroxylation sites is 1. The van der Waals surface area contributed by atoms with Crippen LogP contribution in [-0.4, -0.2) is 6.29 Å². The van der Waals surface area contributed by atoms with E-state index in [1.54, 1.807) is 6.07 Å². The average Bonchev–Trinajstić information content (AvgIpc) is 2.84. The lowest BCUT2D eigenvalue weighted by Gasteiger charge is -2.37. The van der Waals surface area contributed by atoms with Crippen LogP contribution in [0.25, 0.3) is 6.08 Å². The van der Waals surface area contributed by atoms with E-state index in [0.717, 1.165) is 28.5 Å². The Morgan fingerprint density at radius 3 is 1.70 bits per heavy atom. The van der Waals surface area contributed by atoms with Crippen LogP contribution in [-0.2, 0) is 5.60 Å². The minimum Gasteiger partial charge on any atom is -0.472 e. The third-order valence-corrected chi connectivity index (χ3v) is 5.23. The predicted octanol–water partition coefficient (Wildman–Crippen LogP) is 6.51. The summed E-state index contributed by atoms with van der Waals surface area (Å²) in [6.45, 7) is 4.02. The number of ether oxygens (including phenoxy) is 1. The summed E-state index contributed by atoms with van der Waals surface area (Å²) in [5.41, 5.74) is 3.39. The van der Waals surface area contributed by atoms with Crippen LogP contribution in [0.4, 0.5) is 0 Å². The number of rotatable bonds is 7. The third-order valence-electron chi connectivity index (χ3n) is 5.23. The van der Waals surface area contributed by atoms with E-state index in [2.05, 4.69) is 36.9 Å². The van der Waals surface area contributed by atoms with Gasteiger partial charge in [-0.25, -0.2) is 0 Å². The van der Waals surface area contributed by atoms with Crippen molar-refractivity contribution in [1.82, 2.24) is 0 Å². The molecule has 0 saturated heterocycles. The fourth-order valence-corrected chi connectivity index (χ4v) is 3.83. The van der Waals surface area contributed by atoms with Crippen molar-refractivity contribution in [1.29, 1.82) is 0 Å². The quantitative estimate of drug-likeness (QED) is 0.265. The molecule has 30 heavy (non-hydrogen) atoms. The number of aldehydes is 1. The molecule has 0 aromatic heterocycles. The fraction of sp³-hybridized carbons (Fsp3) is 0.0357. The summed E-state index contributed by atoms with van der Waals surface area (Å²) in [5, 5.41) is 0. The Kier molecular flexibility index (Phi) is 5.58. The van der Waals surface area contributed by atoms with Crippen molar-refractivity contribution in [3.8, 4) is 5.75 Å². The summed E-state index contributed by atoms with van der Waals surface area (Å²) in [6.07, 6.45) is 2.67. The number of benzene rings is 4. The van der Waals surface area contributed by atoms with Gasteiger partial charge in [0.25, 0.3) is 0 Å². The van der Waals surface area contributed by atoms with Crippen LogP contribution < -0.4 is 4.74 Å². The van der Waals surface area contributed by atoms with E-state index in [9.17, 15) is 4.79 Å². The first-order valence-corrected chi connectivity index (χ1v) is 9.86. The van der Waals surface area contributed by atoms with Crippen LogP contribution >= 0.6 is 0 Å². The molecule has 2 heteroatoms. The number of hydrogen-bond acceptors (Lipinski definition) is 2. The van der Waals surface area contributed by atoms with E-state index >= 15 is 0 Å². The van der Waals surface area contributed by atoms with Crippen LogP contribution in [0.2, 0.25) is 0 Å². The van der Waals surface area contributed by atoms with Crippen LogP contribution in [0.1, 0.15) is 32.6 Å². The molecule has 0 aliphatic carbocycles. The second-order valence-corrected chi connectivity index (χ2v) is 6.96. The molecule has 0 amide bonds. The Hall–Kier alpha value is -3.91. The maximum atomic E-state index is 11.7. The Balaban J connectivity index is 2.09. The van der Waals surface area contributed by atoms with Gasteiger partial charge in [0.05, 0.1) is 5.56 Å². The first-order valence-electron chi connectivity index (χ1n) is 9.86. The molecule has 0 N–H and O–H groups in total. The monoisotopic (exact) mass is 390 g/mol. The predicted molar refractivity (Wildman–Crippen MR) is 122 cm³/mol. The lowest BCUT2D eigenvalue weighted by molar-refractivity contribution is 0.110. The molecule has 4 rings (SSSR count). The van der Waals surface area contributed by atoms with Crippen LogP contribution in [0.5, 0.6) is 5.75 Å². The second-order valence-electron chi connectivity index (χ2n) is 6.96. The highest BCUT2D eigenvalue weighted by molar-refractivity contribution is 5.79. The van der Waals surface area contributed by atoms with Gasteiger partial charge in [-0.3, -0.25) is 4.79 Å². The van der Waals surface area contributed by atoms with Gasteiger partial charge in [0.2, 0.25) is 0 Å². The largest absolute Gasteiger partial charge is 0.472 e. The maximum Gasteiger partial charge on any atom is 0.185 e. The number of hydrogen-bond donors (Lipinski definition) is 0. The zero-order valence-corrected chi connectivity index (χ0v) is 16.6. The minimum atomic E-state index is -0.966. The van der Waals surface area contributed by atoms with Gasteiger partial charge in [0.15, 0.2) is 11.9 Å². The van der Waals surface area contributed by atoms with E-state index in [1.807, 2.05) is 78.9 Å². The van der Waals surface area contributed by atoms with Gasteiger partial charge in [-0.15, -0.1) is 0 Å². The SMILES string of the molecule is C=Cc1ccccc1C(Oc1ccccc1C=O)(c1ccccc1)c1ccccc1. The van der Waals surface area contributed by atoms with E-state index < -0.39 is 5.60 Å². The van der Waals surface area contributed by atoms with E-state index in [4.69, 9.17) is 4.74 Å². The standard InChI is InChI=1S/C28H22O2/c1-2-22-13-9-11-19-26(22)28(24-15-5-3-6-16-24,25-17-7-4-8-18-25)30-27-20-12-10-14-23(27)21-29/h2-21H,1H2. The summed E-state index contributed by atoms with van der Waals surface area (Å²) in [5.74, 6) is 0.527. The van der Waals surface area contributed by atoms with Gasteiger partial charge in [-0.1, -0.05) is 110 Å². The molecule has 0 radical (unpaired) electrons. The van der Waals surface area contributed by atoms with Gasteiger partial charge in [0.1, 0.15) is 5.75 Å². The molecule has 0 unspecified atom stereocenters. The highest BCUT2D eigenvalue weighted by atomic mass is 16.5. The van der Waals surface area contributed by atoms with Gasteiger partial charge in [-0.2, -0.15) is 0 Å². The Morgan fingerprint density at radius 1 is 0.633 bits per heavy atom. The van der Waals surface area contributed by atoms with Gasteiger partial charge in [0, 0.05) is 16.7 Å². The fourth-order valence-electron chi connectivity index (χ4n) is 3.83. The number of carbonyl (C=O) groups excluding carboxylic acids is 1. The van der Waals surface area contributed by atoms with Crippen molar-refractivity contribution >= 4 is 12.4 Å². The van der Waals surface area contributed by atoms with Gasteiger partial charge in [-0.05, 0) is 17.7 Å². The maximum absolute atomic E-state index is 11.7. The molecule has 146 valence electrons. The van der Waals surface area contributed by atoms with Crippen LogP contribution in [0.15, 0.2) is 116 Å². The van der Waals surface area contributed by atoms with Crippen LogP contribution in [0.3, 0.4) is 0 Å². The van der Waals surface area contributed by atoms with Crippen molar-refractivity contribution in [3.63, 3.8) is 0 Å². The molecule has 0 aliphatic rings. The molecule has 0 heterocycles. The number of carbonyl (C=O) groups is 1. The summed E-state index contributed by atoms with van der Waals surface area (Å²) < 4.78 is 6.85. The van der Waals surface area contributed by atoms with Crippen molar-refractivity contribution in [3.05, 3.63) is 144 Å². The smallest absolute Gasteiger partial charge is 0.185 e. The Labute approximate surface area is 177 Å². The van der Waals surface area contributed by atoms with Crippen molar-refractivity contribution in [2.24, 2.45) is 0 Å². The molecule has 2 nitrogen and oxygen atoms in total. The van der Waals surface area contributed by atoms with Gasteiger partial charge >= 0.3 is 0 Å². The molecule has 0 aliphatic heterocycles. The Morgan fingerprint density at radius 2 is 1.13 bits per heavy atom. The molecular weight excluding hydrogens is 368 g/mol. The average molecular weight is 390 g/mol. The lowest BCUT2D eigenvalue weighted by atomic mass is 9.78. The topological polar surface area (TPSA) is 26.3 Å². The van der Waals surface area contributed by atoms with Gasteiger partial charge < -0.3 is 4.74 Å². The summed E-state index contributed by atoms with van der Waals surface area (Å²) in [6, 6.07) is 35.5. The highest BCUT2D eigenvalue weighted by Crippen LogP contribution is 2.43. The third kappa shape index (κ3) is 3.44. The molecule has 4 aromatic carbocycles. The van der Waals surface area contributed by atoms with E-state index in [-0.39, 0.29) is 0 Å². The zero-order valence-electron chi connectivity index (χ0n) is 16.6. The van der Waals surface area contributed by atoms with Crippen molar-refractivity contribution < 1.29 is 9.53 Å². The summed E-state index contributed by atoms with van der Waals surface area (Å²) in [4.78, 5) is 11.7. The van der Waals surface area contributed by atoms with Crippen molar-refractivity contribution in [2.45, 2.75) is 5.60 Å². The summed E-state index contributed by atoms with van der Waals surface area (Å²) in [7, 11) is 0. The first-order chi connectivity index (χ1) is 14.8. The molecule has 0 atom stereocenters. The summed E-state index contributed by atoms with van der Waals surface area (Å²) >= 11 is 0. The lowest BCUT2D eigenvalue weighted by Crippen LogP contribution is -2.37. The zero-order chi connectivity index (χ0) is 20.8. The normalized spacial score (nSPS) is 10.9. The molecule has 0 fully saturated rings. The molecule has 0 spiro atoms. The van der Waals surface area contributed by atoms with E-state index in [1.165, 1.54) is 0 Å². The minimum absolute atomic E-state index is 0.504. The van der Waals surface area contributed by atoms with Crippen molar-refractivity contribution in [2.75, 3.05) is 0 Å². The molecule has 0 bridgehead atoms. The molecule has 4 aromatic rings. The molecular formula is C28H22O2. The molecule has 0 saturated carbocycles. The van der Waals surface area contributed by atoms with E-state index in [0.29, 0.717) is 11.3 Å². The Bertz CT molecular complexity index is 1110. The second kappa shape index (κ2) is 8.62. The first kappa shape index (κ1) is 19.4.